The number of aryl methyl sites for hydroxylation is 2. The van der Waals surface area contributed by atoms with E-state index in [0.29, 0.717) is 13.1 Å². The number of aromatic nitrogens is 3. The standard InChI is InChI=1S/C15H22N4O2/c1-3-19-11-17-18-15(19)9-16-8-13(20)10-21-14-6-4-5-12(2)7-14/h4-7,11,13,16,20H,3,8-10H2,1-2H3. The number of aliphatic hydroxyl groups excluding tert-OH is 1. The Morgan fingerprint density at radius 1 is 1.43 bits per heavy atom. The molecule has 0 bridgehead atoms. The van der Waals surface area contributed by atoms with E-state index >= 15 is 0 Å². The molecule has 0 spiro atoms. The highest BCUT2D eigenvalue weighted by atomic mass is 16.5. The third-order valence-electron chi connectivity index (χ3n) is 3.13. The highest BCUT2D eigenvalue weighted by Gasteiger charge is 2.07. The minimum Gasteiger partial charge on any atom is -0.491 e. The molecular formula is C15H22N4O2. The average Bonchev–Trinajstić information content (AvgIpc) is 2.93. The highest BCUT2D eigenvalue weighted by Crippen LogP contribution is 2.12. The van der Waals surface area contributed by atoms with Crippen LogP contribution in [0.15, 0.2) is 30.6 Å². The van der Waals surface area contributed by atoms with E-state index in [9.17, 15) is 5.11 Å². The molecule has 0 amide bonds. The summed E-state index contributed by atoms with van der Waals surface area (Å²) in [6, 6.07) is 7.78. The van der Waals surface area contributed by atoms with Gasteiger partial charge in [0.15, 0.2) is 0 Å². The molecule has 1 heterocycles. The van der Waals surface area contributed by atoms with E-state index in [0.717, 1.165) is 23.7 Å². The van der Waals surface area contributed by atoms with Crippen LogP contribution in [0.2, 0.25) is 0 Å². The van der Waals surface area contributed by atoms with E-state index in [4.69, 9.17) is 4.74 Å². The maximum absolute atomic E-state index is 9.90. The summed E-state index contributed by atoms with van der Waals surface area (Å²) in [5.41, 5.74) is 1.14. The lowest BCUT2D eigenvalue weighted by molar-refractivity contribution is 0.106. The van der Waals surface area contributed by atoms with Crippen molar-refractivity contribution >= 4 is 0 Å². The molecule has 1 aromatic carbocycles. The average molecular weight is 290 g/mol. The zero-order valence-corrected chi connectivity index (χ0v) is 12.5. The number of benzene rings is 1. The Bertz CT molecular complexity index is 556. The highest BCUT2D eigenvalue weighted by molar-refractivity contribution is 5.27. The van der Waals surface area contributed by atoms with Crippen LogP contribution in [0, 0.1) is 6.92 Å². The van der Waals surface area contributed by atoms with Crippen molar-refractivity contribution < 1.29 is 9.84 Å². The van der Waals surface area contributed by atoms with Crippen molar-refractivity contribution in [2.45, 2.75) is 33.0 Å². The van der Waals surface area contributed by atoms with Crippen LogP contribution < -0.4 is 10.1 Å². The molecule has 0 fully saturated rings. The first kappa shape index (κ1) is 15.5. The smallest absolute Gasteiger partial charge is 0.146 e. The number of ether oxygens (including phenoxy) is 1. The first-order valence-corrected chi connectivity index (χ1v) is 7.14. The van der Waals surface area contributed by atoms with Crippen LogP contribution in [-0.4, -0.2) is 39.1 Å². The van der Waals surface area contributed by atoms with Crippen molar-refractivity contribution in [3.8, 4) is 5.75 Å². The van der Waals surface area contributed by atoms with E-state index in [-0.39, 0.29) is 6.61 Å². The second-order valence-electron chi connectivity index (χ2n) is 4.95. The van der Waals surface area contributed by atoms with Crippen LogP contribution in [0.3, 0.4) is 0 Å². The molecular weight excluding hydrogens is 268 g/mol. The van der Waals surface area contributed by atoms with Crippen molar-refractivity contribution in [3.05, 3.63) is 42.0 Å². The molecule has 2 rings (SSSR count). The summed E-state index contributed by atoms with van der Waals surface area (Å²) >= 11 is 0. The first-order valence-electron chi connectivity index (χ1n) is 7.14. The Balaban J connectivity index is 1.69. The zero-order valence-electron chi connectivity index (χ0n) is 12.5. The van der Waals surface area contributed by atoms with Crippen LogP contribution in [0.25, 0.3) is 0 Å². The third kappa shape index (κ3) is 4.84. The molecule has 0 radical (unpaired) electrons. The number of nitrogens with zero attached hydrogens (tertiary/aromatic N) is 3. The van der Waals surface area contributed by atoms with Crippen LogP contribution in [0.5, 0.6) is 5.75 Å². The van der Waals surface area contributed by atoms with Gasteiger partial charge in [-0.3, -0.25) is 0 Å². The molecule has 0 saturated carbocycles. The van der Waals surface area contributed by atoms with Gasteiger partial charge in [0.2, 0.25) is 0 Å². The number of nitrogens with one attached hydrogen (secondary N) is 1. The van der Waals surface area contributed by atoms with Crippen molar-refractivity contribution in [2.75, 3.05) is 13.2 Å². The summed E-state index contributed by atoms with van der Waals surface area (Å²) in [6.45, 7) is 6.17. The van der Waals surface area contributed by atoms with Gasteiger partial charge in [-0.15, -0.1) is 10.2 Å². The number of rotatable bonds is 8. The van der Waals surface area contributed by atoms with Crippen LogP contribution >= 0.6 is 0 Å². The van der Waals surface area contributed by atoms with Crippen molar-refractivity contribution in [3.63, 3.8) is 0 Å². The first-order chi connectivity index (χ1) is 10.2. The van der Waals surface area contributed by atoms with E-state index in [1.807, 2.05) is 42.7 Å². The number of hydrogen-bond donors (Lipinski definition) is 2. The maximum atomic E-state index is 9.90. The van der Waals surface area contributed by atoms with Gasteiger partial charge in [-0.05, 0) is 31.5 Å². The van der Waals surface area contributed by atoms with Gasteiger partial charge in [0, 0.05) is 13.1 Å². The molecule has 6 heteroatoms. The molecule has 0 aliphatic rings. The number of hydrogen-bond acceptors (Lipinski definition) is 5. The van der Waals surface area contributed by atoms with Crippen LogP contribution in [-0.2, 0) is 13.1 Å². The second kappa shape index (κ2) is 7.75. The van der Waals surface area contributed by atoms with Crippen LogP contribution in [0.1, 0.15) is 18.3 Å². The van der Waals surface area contributed by atoms with Gasteiger partial charge in [-0.1, -0.05) is 12.1 Å². The maximum Gasteiger partial charge on any atom is 0.146 e. The summed E-state index contributed by atoms with van der Waals surface area (Å²) < 4.78 is 7.52. The lowest BCUT2D eigenvalue weighted by Gasteiger charge is -2.13. The molecule has 2 N–H and O–H groups in total. The molecule has 6 nitrogen and oxygen atoms in total. The quantitative estimate of drug-likeness (QED) is 0.762. The van der Waals surface area contributed by atoms with E-state index in [1.54, 1.807) is 6.33 Å². The zero-order chi connectivity index (χ0) is 15.1. The summed E-state index contributed by atoms with van der Waals surface area (Å²) in [5, 5.41) is 20.9. The van der Waals surface area contributed by atoms with Gasteiger partial charge in [0.1, 0.15) is 30.6 Å². The topological polar surface area (TPSA) is 72.2 Å². The van der Waals surface area contributed by atoms with Gasteiger partial charge in [0.25, 0.3) is 0 Å². The van der Waals surface area contributed by atoms with Crippen molar-refractivity contribution in [1.82, 2.24) is 20.1 Å². The lowest BCUT2D eigenvalue weighted by atomic mass is 10.2. The van der Waals surface area contributed by atoms with Gasteiger partial charge in [0.05, 0.1) is 6.54 Å². The summed E-state index contributed by atoms with van der Waals surface area (Å²) in [5.74, 6) is 1.64. The second-order valence-corrected chi connectivity index (χ2v) is 4.95. The molecule has 1 unspecified atom stereocenters. The largest absolute Gasteiger partial charge is 0.491 e. The Morgan fingerprint density at radius 3 is 3.05 bits per heavy atom. The Labute approximate surface area is 124 Å². The lowest BCUT2D eigenvalue weighted by Crippen LogP contribution is -2.31. The van der Waals surface area contributed by atoms with Crippen LogP contribution in [0.4, 0.5) is 0 Å². The fourth-order valence-electron chi connectivity index (χ4n) is 1.99. The summed E-state index contributed by atoms with van der Waals surface area (Å²) in [6.07, 6.45) is 1.14. The Hall–Kier alpha value is -1.92. The fourth-order valence-corrected chi connectivity index (χ4v) is 1.99. The molecule has 0 aliphatic carbocycles. The minimum atomic E-state index is -0.566. The van der Waals surface area contributed by atoms with Crippen molar-refractivity contribution in [2.24, 2.45) is 0 Å². The fraction of sp³-hybridized carbons (Fsp3) is 0.467. The molecule has 1 atom stereocenters. The van der Waals surface area contributed by atoms with Crippen molar-refractivity contribution in [1.29, 1.82) is 0 Å². The third-order valence-corrected chi connectivity index (χ3v) is 3.13. The normalized spacial score (nSPS) is 12.3. The van der Waals surface area contributed by atoms with Gasteiger partial charge >= 0.3 is 0 Å². The Kier molecular flexibility index (Phi) is 5.71. The minimum absolute atomic E-state index is 0.261. The van der Waals surface area contributed by atoms with Gasteiger partial charge in [-0.25, -0.2) is 0 Å². The molecule has 1 aromatic heterocycles. The Morgan fingerprint density at radius 2 is 2.29 bits per heavy atom. The molecule has 0 saturated heterocycles. The molecule has 2 aromatic rings. The molecule has 21 heavy (non-hydrogen) atoms. The van der Waals surface area contributed by atoms with Gasteiger partial charge in [-0.2, -0.15) is 0 Å². The predicted octanol–water partition coefficient (Wildman–Crippen LogP) is 1.14. The SMILES string of the molecule is CCn1cnnc1CNCC(O)COc1cccc(C)c1. The van der Waals surface area contributed by atoms with E-state index < -0.39 is 6.10 Å². The molecule has 114 valence electrons. The van der Waals surface area contributed by atoms with Gasteiger partial charge < -0.3 is 19.7 Å². The number of aliphatic hydroxyl groups is 1. The van der Waals surface area contributed by atoms with E-state index in [1.165, 1.54) is 0 Å². The predicted molar refractivity (Wildman–Crippen MR) is 80.1 cm³/mol. The monoisotopic (exact) mass is 290 g/mol. The summed E-state index contributed by atoms with van der Waals surface area (Å²) in [7, 11) is 0. The van der Waals surface area contributed by atoms with E-state index in [2.05, 4.69) is 15.5 Å². The molecule has 0 aliphatic heterocycles. The summed E-state index contributed by atoms with van der Waals surface area (Å²) in [4.78, 5) is 0.